The standard InChI is InChI=1S/C24H25NO4/c1-14-10-16(3)19(11-15(14)2)22(26)13-29-24(27)23-17(4)18-8-6-7-9-20(18)25-21(23)12-28-5/h6-11H,12-13H2,1-5H3. The highest BCUT2D eigenvalue weighted by atomic mass is 16.5. The molecular formula is C24H25NO4. The molecule has 29 heavy (non-hydrogen) atoms. The van der Waals surface area contributed by atoms with Gasteiger partial charge in [-0.1, -0.05) is 24.3 Å². The molecule has 1 aromatic heterocycles. The first-order valence-corrected chi connectivity index (χ1v) is 9.48. The molecule has 0 aliphatic rings. The van der Waals surface area contributed by atoms with Crippen molar-refractivity contribution in [2.24, 2.45) is 0 Å². The third kappa shape index (κ3) is 4.20. The second kappa shape index (κ2) is 8.53. The predicted molar refractivity (Wildman–Crippen MR) is 112 cm³/mol. The SMILES string of the molecule is COCc1nc2ccccc2c(C)c1C(=O)OCC(=O)c1cc(C)c(C)cc1C. The number of carbonyl (C=O) groups is 2. The Kier molecular flexibility index (Phi) is 6.09. The maximum atomic E-state index is 12.9. The fourth-order valence-corrected chi connectivity index (χ4v) is 3.49. The van der Waals surface area contributed by atoms with Crippen LogP contribution in [-0.4, -0.2) is 30.5 Å². The number of rotatable bonds is 6. The van der Waals surface area contributed by atoms with Crippen LogP contribution in [0.1, 0.15) is 48.7 Å². The fraction of sp³-hybridized carbons (Fsp3) is 0.292. The summed E-state index contributed by atoms with van der Waals surface area (Å²) in [4.78, 5) is 30.1. The lowest BCUT2D eigenvalue weighted by molar-refractivity contribution is 0.0469. The second-order valence-electron chi connectivity index (χ2n) is 7.26. The Morgan fingerprint density at radius 3 is 2.38 bits per heavy atom. The summed E-state index contributed by atoms with van der Waals surface area (Å²) in [6.07, 6.45) is 0. The number of benzene rings is 2. The molecule has 2 aromatic carbocycles. The largest absolute Gasteiger partial charge is 0.454 e. The molecule has 0 radical (unpaired) electrons. The summed E-state index contributed by atoms with van der Waals surface area (Å²) in [6.45, 7) is 7.56. The van der Waals surface area contributed by atoms with Gasteiger partial charge in [-0.25, -0.2) is 9.78 Å². The van der Waals surface area contributed by atoms with Crippen molar-refractivity contribution in [2.45, 2.75) is 34.3 Å². The van der Waals surface area contributed by atoms with Crippen LogP contribution in [0.15, 0.2) is 36.4 Å². The van der Waals surface area contributed by atoms with E-state index in [2.05, 4.69) is 4.98 Å². The van der Waals surface area contributed by atoms with Crippen molar-refractivity contribution < 1.29 is 19.1 Å². The van der Waals surface area contributed by atoms with Gasteiger partial charge in [0, 0.05) is 18.1 Å². The van der Waals surface area contributed by atoms with Crippen molar-refractivity contribution in [3.05, 3.63) is 75.5 Å². The molecule has 0 aliphatic heterocycles. The van der Waals surface area contributed by atoms with Crippen molar-refractivity contribution in [1.29, 1.82) is 0 Å². The molecule has 150 valence electrons. The molecule has 0 unspecified atom stereocenters. The Morgan fingerprint density at radius 1 is 0.966 bits per heavy atom. The molecule has 0 saturated heterocycles. The third-order valence-corrected chi connectivity index (χ3v) is 5.19. The molecule has 5 nitrogen and oxygen atoms in total. The number of Topliss-reactive ketones (excluding diaryl/α,β-unsaturated/α-hetero) is 1. The number of fused-ring (bicyclic) bond motifs is 1. The van der Waals surface area contributed by atoms with Crippen LogP contribution in [0.5, 0.6) is 0 Å². The van der Waals surface area contributed by atoms with E-state index >= 15 is 0 Å². The molecule has 0 spiro atoms. The molecule has 3 aromatic rings. The van der Waals surface area contributed by atoms with E-state index in [-0.39, 0.29) is 19.0 Å². The van der Waals surface area contributed by atoms with E-state index in [0.717, 1.165) is 33.2 Å². The highest BCUT2D eigenvalue weighted by molar-refractivity contribution is 6.02. The Labute approximate surface area is 170 Å². The number of hydrogen-bond donors (Lipinski definition) is 0. The van der Waals surface area contributed by atoms with E-state index in [0.29, 0.717) is 16.8 Å². The number of ketones is 1. The molecule has 0 fully saturated rings. The summed E-state index contributed by atoms with van der Waals surface area (Å²) >= 11 is 0. The molecular weight excluding hydrogens is 366 g/mol. The Balaban J connectivity index is 1.88. The van der Waals surface area contributed by atoms with Crippen LogP contribution in [0, 0.1) is 27.7 Å². The van der Waals surface area contributed by atoms with Crippen molar-refractivity contribution in [1.82, 2.24) is 4.98 Å². The lowest BCUT2D eigenvalue weighted by atomic mass is 9.98. The summed E-state index contributed by atoms with van der Waals surface area (Å²) in [5, 5.41) is 0.871. The van der Waals surface area contributed by atoms with Crippen molar-refractivity contribution in [2.75, 3.05) is 13.7 Å². The van der Waals surface area contributed by atoms with Gasteiger partial charge in [0.05, 0.1) is 23.4 Å². The quantitative estimate of drug-likeness (QED) is 0.452. The number of hydrogen-bond acceptors (Lipinski definition) is 5. The van der Waals surface area contributed by atoms with E-state index in [1.165, 1.54) is 0 Å². The van der Waals surface area contributed by atoms with Gasteiger partial charge in [0.25, 0.3) is 0 Å². The van der Waals surface area contributed by atoms with Crippen LogP contribution in [-0.2, 0) is 16.1 Å². The first-order valence-electron chi connectivity index (χ1n) is 9.48. The Hall–Kier alpha value is -3.05. The van der Waals surface area contributed by atoms with Crippen LogP contribution in [0.25, 0.3) is 10.9 Å². The first-order chi connectivity index (χ1) is 13.8. The first kappa shape index (κ1) is 20.7. The number of carbonyl (C=O) groups excluding carboxylic acids is 2. The van der Waals surface area contributed by atoms with Crippen molar-refractivity contribution in [3.63, 3.8) is 0 Å². The van der Waals surface area contributed by atoms with Gasteiger partial charge in [0.15, 0.2) is 6.61 Å². The van der Waals surface area contributed by atoms with Crippen LogP contribution in [0.2, 0.25) is 0 Å². The van der Waals surface area contributed by atoms with Crippen LogP contribution < -0.4 is 0 Å². The lowest BCUT2D eigenvalue weighted by Crippen LogP contribution is -2.18. The zero-order chi connectivity index (χ0) is 21.1. The molecule has 0 bridgehead atoms. The fourth-order valence-electron chi connectivity index (χ4n) is 3.49. The summed E-state index contributed by atoms with van der Waals surface area (Å²) in [7, 11) is 1.55. The zero-order valence-electron chi connectivity index (χ0n) is 17.5. The Morgan fingerprint density at radius 2 is 1.66 bits per heavy atom. The minimum atomic E-state index is -0.567. The second-order valence-corrected chi connectivity index (χ2v) is 7.26. The van der Waals surface area contributed by atoms with Gasteiger partial charge in [-0.05, 0) is 62.1 Å². The van der Waals surface area contributed by atoms with Gasteiger partial charge in [0.2, 0.25) is 5.78 Å². The molecule has 3 rings (SSSR count). The van der Waals surface area contributed by atoms with E-state index < -0.39 is 5.97 Å². The number of aromatic nitrogens is 1. The van der Waals surface area contributed by atoms with Gasteiger partial charge >= 0.3 is 5.97 Å². The van der Waals surface area contributed by atoms with Gasteiger partial charge in [-0.15, -0.1) is 0 Å². The molecule has 0 atom stereocenters. The van der Waals surface area contributed by atoms with Crippen molar-refractivity contribution >= 4 is 22.7 Å². The molecule has 0 amide bonds. The normalized spacial score (nSPS) is 10.9. The molecule has 0 saturated carbocycles. The lowest BCUT2D eigenvalue weighted by Gasteiger charge is -2.14. The summed E-state index contributed by atoms with van der Waals surface area (Å²) in [6, 6.07) is 11.4. The zero-order valence-corrected chi connectivity index (χ0v) is 17.5. The van der Waals surface area contributed by atoms with Crippen LogP contribution in [0.3, 0.4) is 0 Å². The smallest absolute Gasteiger partial charge is 0.340 e. The molecule has 0 N–H and O–H groups in total. The monoisotopic (exact) mass is 391 g/mol. The average molecular weight is 391 g/mol. The Bertz CT molecular complexity index is 1100. The third-order valence-electron chi connectivity index (χ3n) is 5.19. The van der Waals surface area contributed by atoms with E-state index in [1.807, 2.05) is 64.1 Å². The number of esters is 1. The summed E-state index contributed by atoms with van der Waals surface area (Å²) < 4.78 is 10.6. The van der Waals surface area contributed by atoms with Gasteiger partial charge in [0.1, 0.15) is 0 Å². The van der Waals surface area contributed by atoms with E-state index in [4.69, 9.17) is 9.47 Å². The number of ether oxygens (including phenoxy) is 2. The number of para-hydroxylation sites is 1. The van der Waals surface area contributed by atoms with Gasteiger partial charge in [-0.2, -0.15) is 0 Å². The molecule has 1 heterocycles. The average Bonchev–Trinajstić information content (AvgIpc) is 2.69. The topological polar surface area (TPSA) is 65.5 Å². The highest BCUT2D eigenvalue weighted by Gasteiger charge is 2.21. The minimum absolute atomic E-state index is 0.181. The number of aryl methyl sites for hydroxylation is 4. The van der Waals surface area contributed by atoms with E-state index in [9.17, 15) is 9.59 Å². The maximum Gasteiger partial charge on any atom is 0.340 e. The van der Waals surface area contributed by atoms with Gasteiger partial charge < -0.3 is 9.47 Å². The number of nitrogens with zero attached hydrogens (tertiary/aromatic N) is 1. The van der Waals surface area contributed by atoms with Gasteiger partial charge in [-0.3, -0.25) is 4.79 Å². The number of pyridine rings is 1. The van der Waals surface area contributed by atoms with Crippen LogP contribution >= 0.6 is 0 Å². The summed E-state index contributed by atoms with van der Waals surface area (Å²) in [5.74, 6) is -0.790. The highest BCUT2D eigenvalue weighted by Crippen LogP contribution is 2.24. The van der Waals surface area contributed by atoms with Crippen LogP contribution in [0.4, 0.5) is 0 Å². The summed E-state index contributed by atoms with van der Waals surface area (Å²) in [5.41, 5.74) is 6.01. The maximum absolute atomic E-state index is 12.9. The molecule has 5 heteroatoms. The molecule has 0 aliphatic carbocycles. The predicted octanol–water partition coefficient (Wildman–Crippen LogP) is 4.65. The number of methoxy groups -OCH3 is 1. The van der Waals surface area contributed by atoms with E-state index in [1.54, 1.807) is 7.11 Å². The van der Waals surface area contributed by atoms with Crippen molar-refractivity contribution in [3.8, 4) is 0 Å². The minimum Gasteiger partial charge on any atom is -0.454 e.